The Hall–Kier alpha value is -1.79. The molecule has 0 aromatic carbocycles. The summed E-state index contributed by atoms with van der Waals surface area (Å²) in [4.78, 5) is 44.4. The highest BCUT2D eigenvalue weighted by atomic mass is 16.7. The lowest BCUT2D eigenvalue weighted by Crippen LogP contribution is -2.84. The average Bonchev–Trinajstić information content (AvgIpc) is 3.43. The molecule has 266 valence electrons. The summed E-state index contributed by atoms with van der Waals surface area (Å²) in [6, 6.07) is 0. The summed E-state index contributed by atoms with van der Waals surface area (Å²) in [5, 5.41) is 18.0. The predicted molar refractivity (Wildman–Crippen MR) is 175 cm³/mol. The Morgan fingerprint density at radius 3 is 2.19 bits per heavy atom. The maximum Gasteiger partial charge on any atom is 0.305 e. The standard InChI is InChI=1S/C36H60N4O7/c1-24(41)46-36(47-25(2)42)23-35(39-19-16-37-17-20-39,40-21-18-38-30(43)22-40)34(5)28-11-14-32(3)13-7-8-27(32)26(28)9-10-29(34)33(36,4)15-12-31(44)45-6/h26-30,37-38,43H,7-23H2,1-6H3/t26?,27?,28?,29?,30-,32-,33?,34+,35?/m0/s1. The number of β-amino-alcohol motifs (C(OH)–C–C–N with tert-alkyl or cyclic N) is 1. The zero-order valence-electron chi connectivity index (χ0n) is 29.7. The number of aliphatic hydroxyl groups excluding tert-OH is 1. The van der Waals surface area contributed by atoms with Crippen LogP contribution in [-0.2, 0) is 28.6 Å². The lowest BCUT2D eigenvalue weighted by molar-refractivity contribution is -0.379. The Morgan fingerprint density at radius 1 is 0.872 bits per heavy atom. The van der Waals surface area contributed by atoms with Gasteiger partial charge in [0, 0.05) is 76.9 Å². The number of rotatable bonds is 7. The van der Waals surface area contributed by atoms with E-state index in [1.54, 1.807) is 0 Å². The van der Waals surface area contributed by atoms with Crippen LogP contribution in [0.5, 0.6) is 0 Å². The number of aliphatic hydroxyl groups is 1. The Kier molecular flexibility index (Phi) is 9.57. The molecule has 3 N–H and O–H groups in total. The van der Waals surface area contributed by atoms with Gasteiger partial charge in [-0.05, 0) is 74.0 Å². The van der Waals surface area contributed by atoms with Crippen LogP contribution in [0.25, 0.3) is 0 Å². The largest absolute Gasteiger partial charge is 0.469 e. The second kappa shape index (κ2) is 12.8. The highest BCUT2D eigenvalue weighted by molar-refractivity contribution is 5.70. The van der Waals surface area contributed by atoms with Crippen LogP contribution in [0.3, 0.4) is 0 Å². The molecule has 9 atom stereocenters. The third-order valence-corrected chi connectivity index (χ3v) is 14.5. The first-order chi connectivity index (χ1) is 22.3. The third kappa shape index (κ3) is 5.45. The van der Waals surface area contributed by atoms with Crippen LogP contribution in [-0.4, -0.2) is 103 Å². The summed E-state index contributed by atoms with van der Waals surface area (Å²) in [7, 11) is 1.40. The molecular weight excluding hydrogens is 600 g/mol. The van der Waals surface area contributed by atoms with E-state index in [1.165, 1.54) is 46.6 Å². The van der Waals surface area contributed by atoms with Gasteiger partial charge in [-0.3, -0.25) is 29.5 Å². The number of nitrogens with one attached hydrogen (secondary N) is 2. The van der Waals surface area contributed by atoms with Crippen molar-refractivity contribution in [2.45, 2.75) is 117 Å². The Balaban J connectivity index is 1.62. The van der Waals surface area contributed by atoms with Crippen molar-refractivity contribution in [3.8, 4) is 0 Å². The normalized spacial score (nSPS) is 43.6. The van der Waals surface area contributed by atoms with Gasteiger partial charge in [0.25, 0.3) is 5.79 Å². The van der Waals surface area contributed by atoms with Gasteiger partial charge in [-0.2, -0.15) is 0 Å². The van der Waals surface area contributed by atoms with Gasteiger partial charge >= 0.3 is 17.9 Å². The fourth-order valence-corrected chi connectivity index (χ4v) is 12.7. The van der Waals surface area contributed by atoms with Crippen molar-refractivity contribution in [1.29, 1.82) is 0 Å². The zero-order valence-corrected chi connectivity index (χ0v) is 29.7. The summed E-state index contributed by atoms with van der Waals surface area (Å²) < 4.78 is 18.1. The van der Waals surface area contributed by atoms with Gasteiger partial charge in [-0.15, -0.1) is 0 Å². The monoisotopic (exact) mass is 660 g/mol. The molecular formula is C36H60N4O7. The number of methoxy groups -OCH3 is 1. The number of hydrogen-bond donors (Lipinski definition) is 3. The minimum Gasteiger partial charge on any atom is -0.469 e. The summed E-state index contributed by atoms with van der Waals surface area (Å²) >= 11 is 0. The van der Waals surface area contributed by atoms with Gasteiger partial charge in [0.1, 0.15) is 6.23 Å². The third-order valence-electron chi connectivity index (χ3n) is 14.5. The maximum atomic E-state index is 13.2. The van der Waals surface area contributed by atoms with Crippen molar-refractivity contribution in [3.63, 3.8) is 0 Å². The quantitative estimate of drug-likeness (QED) is 0.275. The first-order valence-electron chi connectivity index (χ1n) is 18.3. The Labute approximate surface area is 281 Å². The molecule has 11 nitrogen and oxygen atoms in total. The molecule has 47 heavy (non-hydrogen) atoms. The van der Waals surface area contributed by atoms with Crippen LogP contribution in [0.1, 0.15) is 98.8 Å². The van der Waals surface area contributed by atoms with E-state index in [0.29, 0.717) is 49.2 Å². The Morgan fingerprint density at radius 2 is 1.55 bits per heavy atom. The molecule has 0 aromatic heterocycles. The van der Waals surface area contributed by atoms with E-state index in [1.807, 2.05) is 0 Å². The molecule has 2 heterocycles. The van der Waals surface area contributed by atoms with Gasteiger partial charge in [0.15, 0.2) is 0 Å². The SMILES string of the molecule is COC(=O)CCC1(C)C2CCC3C4CCC[C@@]4(C)CCC3[C@@]2(C)C(N2CCNCC2)(N2CCN[C@@H](O)C2)CC1(OC(C)=O)OC(C)=O. The highest BCUT2D eigenvalue weighted by Gasteiger charge is 2.79. The summed E-state index contributed by atoms with van der Waals surface area (Å²) in [6.07, 6.45) is 8.16. The summed E-state index contributed by atoms with van der Waals surface area (Å²) in [5.41, 5.74) is -1.55. The molecule has 0 radical (unpaired) electrons. The van der Waals surface area contributed by atoms with Gasteiger partial charge in [0.05, 0.1) is 19.2 Å². The molecule has 0 bridgehead atoms. The summed E-state index contributed by atoms with van der Waals surface area (Å²) in [6.45, 7) is 14.9. The van der Waals surface area contributed by atoms with Crippen molar-refractivity contribution in [3.05, 3.63) is 0 Å². The van der Waals surface area contributed by atoms with E-state index < -0.39 is 35.0 Å². The molecule has 6 fully saturated rings. The minimum atomic E-state index is -1.63. The fraction of sp³-hybridized carbons (Fsp3) is 0.917. The van der Waals surface area contributed by atoms with Crippen LogP contribution in [0.4, 0.5) is 0 Å². The van der Waals surface area contributed by atoms with Crippen LogP contribution in [0.2, 0.25) is 0 Å². The van der Waals surface area contributed by atoms with Crippen molar-refractivity contribution < 1.29 is 33.7 Å². The number of fused-ring (bicyclic) bond motifs is 5. The highest BCUT2D eigenvalue weighted by Crippen LogP contribution is 2.75. The van der Waals surface area contributed by atoms with Crippen molar-refractivity contribution in [1.82, 2.24) is 20.4 Å². The number of piperazine rings is 2. The van der Waals surface area contributed by atoms with Crippen molar-refractivity contribution in [2.75, 3.05) is 52.9 Å². The molecule has 4 aliphatic carbocycles. The number of nitrogens with zero attached hydrogens (tertiary/aromatic N) is 2. The maximum absolute atomic E-state index is 13.2. The molecule has 6 aliphatic rings. The molecule has 4 saturated carbocycles. The van der Waals surface area contributed by atoms with E-state index in [2.05, 4.69) is 41.2 Å². The zero-order chi connectivity index (χ0) is 33.8. The van der Waals surface area contributed by atoms with E-state index in [-0.39, 0.29) is 30.1 Å². The lowest BCUT2D eigenvalue weighted by Gasteiger charge is -2.76. The number of ether oxygens (including phenoxy) is 3. The lowest BCUT2D eigenvalue weighted by atomic mass is 9.36. The molecule has 11 heteroatoms. The van der Waals surface area contributed by atoms with Crippen molar-refractivity contribution in [2.24, 2.45) is 39.9 Å². The van der Waals surface area contributed by atoms with E-state index in [0.717, 1.165) is 45.4 Å². The average molecular weight is 661 g/mol. The number of carbonyl (C=O) groups is 3. The molecule has 2 saturated heterocycles. The molecule has 2 aliphatic heterocycles. The topological polar surface area (TPSA) is 130 Å². The molecule has 0 amide bonds. The molecule has 0 aromatic rings. The van der Waals surface area contributed by atoms with Crippen LogP contribution in [0.15, 0.2) is 0 Å². The number of carbonyl (C=O) groups excluding carboxylic acids is 3. The smallest absolute Gasteiger partial charge is 0.305 e. The minimum absolute atomic E-state index is 0.0546. The van der Waals surface area contributed by atoms with E-state index in [4.69, 9.17) is 14.2 Å². The number of esters is 3. The second-order valence-corrected chi connectivity index (χ2v) is 16.5. The number of hydrogen-bond acceptors (Lipinski definition) is 11. The van der Waals surface area contributed by atoms with E-state index in [9.17, 15) is 19.5 Å². The Bertz CT molecular complexity index is 1200. The summed E-state index contributed by atoms with van der Waals surface area (Å²) in [5.74, 6) is -1.43. The van der Waals surface area contributed by atoms with Gasteiger partial charge in [-0.1, -0.05) is 27.2 Å². The van der Waals surface area contributed by atoms with Crippen molar-refractivity contribution >= 4 is 17.9 Å². The van der Waals surface area contributed by atoms with Gasteiger partial charge in [0.2, 0.25) is 0 Å². The first-order valence-corrected chi connectivity index (χ1v) is 18.3. The van der Waals surface area contributed by atoms with E-state index >= 15 is 0 Å². The first kappa shape index (κ1) is 35.1. The molecule has 6 rings (SSSR count). The predicted octanol–water partition coefficient (Wildman–Crippen LogP) is 3.25. The van der Waals surface area contributed by atoms with Crippen LogP contribution >= 0.6 is 0 Å². The van der Waals surface area contributed by atoms with Gasteiger partial charge < -0.3 is 24.6 Å². The van der Waals surface area contributed by atoms with Gasteiger partial charge in [-0.25, -0.2) is 0 Å². The molecule has 6 unspecified atom stereocenters. The van der Waals surface area contributed by atoms with Crippen LogP contribution < -0.4 is 10.6 Å². The fourth-order valence-electron chi connectivity index (χ4n) is 12.7. The molecule has 0 spiro atoms. The second-order valence-electron chi connectivity index (χ2n) is 16.5. The van der Waals surface area contributed by atoms with Crippen LogP contribution in [0, 0.1) is 39.9 Å².